The Morgan fingerprint density at radius 2 is 1.94 bits per heavy atom. The van der Waals surface area contributed by atoms with Crippen LogP contribution in [0.15, 0.2) is 30.3 Å². The Morgan fingerprint density at radius 3 is 2.47 bits per heavy atom. The van der Waals surface area contributed by atoms with Crippen molar-refractivity contribution in [1.82, 2.24) is 0 Å². The van der Waals surface area contributed by atoms with E-state index in [9.17, 15) is 15.2 Å². The fraction of sp³-hybridized carbons (Fsp3) is 0.143. The van der Waals surface area contributed by atoms with Gasteiger partial charge >= 0.3 is 5.97 Å². The first kappa shape index (κ1) is 11.2. The van der Waals surface area contributed by atoms with Crippen LogP contribution in [-0.4, -0.2) is 11.1 Å². The molecule has 0 unspecified atom stereocenters. The molecule has 84 valence electrons. The van der Waals surface area contributed by atoms with Crippen molar-refractivity contribution < 1.29 is 9.90 Å². The molecule has 2 rings (SSSR count). The van der Waals surface area contributed by atoms with Gasteiger partial charge in [0.15, 0.2) is 0 Å². The lowest BCUT2D eigenvalue weighted by Gasteiger charge is -1.97. The van der Waals surface area contributed by atoms with Gasteiger partial charge in [-0.05, 0) is 17.5 Å². The molecular weight excluding hydrogens is 214 g/mol. The Bertz CT molecular complexity index is 596. The Morgan fingerprint density at radius 1 is 1.29 bits per heavy atom. The van der Waals surface area contributed by atoms with E-state index < -0.39 is 5.97 Å². The maximum atomic E-state index is 11.3. The van der Waals surface area contributed by atoms with Gasteiger partial charge in [0.1, 0.15) is 6.07 Å². The number of carbonyl (C=O) groups is 1. The van der Waals surface area contributed by atoms with Crippen LogP contribution in [0.4, 0.5) is 0 Å². The van der Waals surface area contributed by atoms with Gasteiger partial charge in [0.2, 0.25) is 0 Å². The van der Waals surface area contributed by atoms with Crippen LogP contribution in [0.3, 0.4) is 0 Å². The predicted octanol–water partition coefficient (Wildman–Crippen LogP) is 2.92. The third kappa shape index (κ3) is 1.64. The highest BCUT2D eigenvalue weighted by atomic mass is 16.4. The molecule has 0 aromatic carbocycles. The first-order valence-electron chi connectivity index (χ1n) is 5.37. The maximum absolute atomic E-state index is 11.3. The van der Waals surface area contributed by atoms with Gasteiger partial charge < -0.3 is 5.11 Å². The number of fused-ring (bicyclic) bond motifs is 1. The SMILES string of the molecule is CCc1c(C#N)c2cccccc-2c1C(=O)O. The molecule has 0 aromatic heterocycles. The fourth-order valence-electron chi connectivity index (χ4n) is 2.16. The molecule has 0 heterocycles. The number of rotatable bonds is 2. The molecule has 2 aliphatic carbocycles. The summed E-state index contributed by atoms with van der Waals surface area (Å²) in [4.78, 5) is 11.3. The molecule has 0 aromatic rings. The summed E-state index contributed by atoms with van der Waals surface area (Å²) in [5, 5.41) is 18.5. The molecular formula is C14H11NO2. The smallest absolute Gasteiger partial charge is 0.336 e. The maximum Gasteiger partial charge on any atom is 0.336 e. The zero-order valence-electron chi connectivity index (χ0n) is 9.40. The van der Waals surface area contributed by atoms with Crippen LogP contribution in [0.1, 0.15) is 28.4 Å². The molecule has 1 N–H and O–H groups in total. The highest BCUT2D eigenvalue weighted by Gasteiger charge is 2.25. The third-order valence-corrected chi connectivity index (χ3v) is 2.86. The predicted molar refractivity (Wildman–Crippen MR) is 64.1 cm³/mol. The number of nitriles is 1. The summed E-state index contributed by atoms with van der Waals surface area (Å²) >= 11 is 0. The van der Waals surface area contributed by atoms with E-state index in [-0.39, 0.29) is 5.56 Å². The molecule has 0 saturated carbocycles. The lowest BCUT2D eigenvalue weighted by atomic mass is 10.1. The number of hydrogen-bond donors (Lipinski definition) is 1. The van der Waals surface area contributed by atoms with Crippen LogP contribution in [0.25, 0.3) is 11.1 Å². The van der Waals surface area contributed by atoms with Crippen LogP contribution >= 0.6 is 0 Å². The molecule has 0 fully saturated rings. The Hall–Kier alpha value is -2.34. The summed E-state index contributed by atoms with van der Waals surface area (Å²) in [6, 6.07) is 11.1. The van der Waals surface area contributed by atoms with Crippen molar-refractivity contribution in [3.8, 4) is 17.2 Å². The van der Waals surface area contributed by atoms with Crippen LogP contribution in [-0.2, 0) is 6.42 Å². The first-order chi connectivity index (χ1) is 8.20. The normalized spacial score (nSPS) is 10.1. The molecule has 0 bridgehead atoms. The lowest BCUT2D eigenvalue weighted by molar-refractivity contribution is 0.0697. The standard InChI is InChI=1S/C14H11NO2/c1-2-9-12(8-15)10-6-4-3-5-7-11(10)13(9)14(16)17/h3-7H,2H2,1H3,(H,16,17). The van der Waals surface area contributed by atoms with Crippen molar-refractivity contribution in [2.24, 2.45) is 0 Å². The van der Waals surface area contributed by atoms with E-state index in [1.165, 1.54) is 0 Å². The minimum absolute atomic E-state index is 0.259. The van der Waals surface area contributed by atoms with Gasteiger partial charge in [-0.15, -0.1) is 0 Å². The van der Waals surface area contributed by atoms with E-state index in [0.29, 0.717) is 28.7 Å². The second-order valence-corrected chi connectivity index (χ2v) is 3.74. The zero-order chi connectivity index (χ0) is 12.4. The largest absolute Gasteiger partial charge is 0.478 e. The number of carboxylic acid groups (broad SMARTS) is 1. The van der Waals surface area contributed by atoms with Gasteiger partial charge in [-0.2, -0.15) is 5.26 Å². The summed E-state index contributed by atoms with van der Waals surface area (Å²) in [6.45, 7) is 1.86. The molecule has 0 saturated heterocycles. The Labute approximate surface area is 99.3 Å². The molecule has 3 heteroatoms. The van der Waals surface area contributed by atoms with Crippen molar-refractivity contribution in [3.63, 3.8) is 0 Å². The second kappa shape index (κ2) is 4.26. The molecule has 2 aliphatic rings. The molecule has 0 spiro atoms. The lowest BCUT2D eigenvalue weighted by Crippen LogP contribution is -1.99. The van der Waals surface area contributed by atoms with Crippen molar-refractivity contribution >= 4 is 5.97 Å². The Balaban J connectivity index is 2.92. The van der Waals surface area contributed by atoms with Gasteiger partial charge in [0, 0.05) is 5.56 Å². The van der Waals surface area contributed by atoms with E-state index in [0.717, 1.165) is 0 Å². The number of nitrogens with zero attached hydrogens (tertiary/aromatic N) is 1. The number of carboxylic acids is 1. The Kier molecular flexibility index (Phi) is 2.80. The number of aromatic carboxylic acids is 1. The van der Waals surface area contributed by atoms with Gasteiger partial charge in [-0.3, -0.25) is 0 Å². The highest BCUT2D eigenvalue weighted by molar-refractivity contribution is 6.02. The average Bonchev–Trinajstić information content (AvgIpc) is 2.46. The van der Waals surface area contributed by atoms with Crippen LogP contribution in [0.5, 0.6) is 0 Å². The van der Waals surface area contributed by atoms with E-state index in [1.807, 2.05) is 19.1 Å². The topological polar surface area (TPSA) is 61.1 Å². The summed E-state index contributed by atoms with van der Waals surface area (Å²) in [5.41, 5.74) is 2.72. The molecule has 0 atom stereocenters. The van der Waals surface area contributed by atoms with Crippen molar-refractivity contribution in [1.29, 1.82) is 5.26 Å². The van der Waals surface area contributed by atoms with Crippen LogP contribution in [0.2, 0.25) is 0 Å². The summed E-state index contributed by atoms with van der Waals surface area (Å²) < 4.78 is 0. The monoisotopic (exact) mass is 225 g/mol. The highest BCUT2D eigenvalue weighted by Crippen LogP contribution is 2.36. The minimum atomic E-state index is -0.973. The van der Waals surface area contributed by atoms with Crippen molar-refractivity contribution in [2.45, 2.75) is 13.3 Å². The van der Waals surface area contributed by atoms with Crippen LogP contribution in [0, 0.1) is 11.3 Å². The van der Waals surface area contributed by atoms with Gasteiger partial charge in [-0.1, -0.05) is 37.3 Å². The summed E-state index contributed by atoms with van der Waals surface area (Å²) in [7, 11) is 0. The molecule has 0 aliphatic heterocycles. The van der Waals surface area contributed by atoms with E-state index in [1.54, 1.807) is 18.2 Å². The number of hydrogen-bond acceptors (Lipinski definition) is 2. The third-order valence-electron chi connectivity index (χ3n) is 2.86. The summed E-state index contributed by atoms with van der Waals surface area (Å²) in [6.07, 6.45) is 0.545. The van der Waals surface area contributed by atoms with E-state index >= 15 is 0 Å². The van der Waals surface area contributed by atoms with Crippen LogP contribution < -0.4 is 0 Å². The van der Waals surface area contributed by atoms with E-state index in [4.69, 9.17) is 0 Å². The quantitative estimate of drug-likeness (QED) is 0.854. The summed E-state index contributed by atoms with van der Waals surface area (Å²) in [5.74, 6) is -0.973. The van der Waals surface area contributed by atoms with Gasteiger partial charge in [0.05, 0.1) is 11.1 Å². The average molecular weight is 225 g/mol. The first-order valence-corrected chi connectivity index (χ1v) is 5.37. The molecule has 0 amide bonds. The van der Waals surface area contributed by atoms with Crippen molar-refractivity contribution in [2.75, 3.05) is 0 Å². The minimum Gasteiger partial charge on any atom is -0.478 e. The van der Waals surface area contributed by atoms with E-state index in [2.05, 4.69) is 6.07 Å². The van der Waals surface area contributed by atoms with Crippen molar-refractivity contribution in [3.05, 3.63) is 47.0 Å². The van der Waals surface area contributed by atoms with Gasteiger partial charge in [0.25, 0.3) is 0 Å². The fourth-order valence-corrected chi connectivity index (χ4v) is 2.16. The molecule has 17 heavy (non-hydrogen) atoms. The molecule has 3 nitrogen and oxygen atoms in total. The second-order valence-electron chi connectivity index (χ2n) is 3.74. The zero-order valence-corrected chi connectivity index (χ0v) is 9.40. The molecule has 0 radical (unpaired) electrons. The van der Waals surface area contributed by atoms with Gasteiger partial charge in [-0.25, -0.2) is 4.79 Å².